The van der Waals surface area contributed by atoms with Gasteiger partial charge in [-0.3, -0.25) is 9.48 Å². The number of ether oxygens (including phenoxy) is 1. The van der Waals surface area contributed by atoms with Gasteiger partial charge in [0, 0.05) is 18.3 Å². The maximum absolute atomic E-state index is 12.2. The Bertz CT molecular complexity index is 607. The van der Waals surface area contributed by atoms with Crippen molar-refractivity contribution >= 4 is 5.91 Å². The second-order valence-electron chi connectivity index (χ2n) is 5.11. The van der Waals surface area contributed by atoms with E-state index in [1.54, 1.807) is 17.8 Å². The van der Waals surface area contributed by atoms with Crippen LogP contribution in [0.1, 0.15) is 31.1 Å². The van der Waals surface area contributed by atoms with Gasteiger partial charge in [0.25, 0.3) is 5.91 Å². The van der Waals surface area contributed by atoms with Crippen LogP contribution in [-0.4, -0.2) is 21.8 Å². The Labute approximate surface area is 124 Å². The largest absolute Gasteiger partial charge is 0.481 e. The van der Waals surface area contributed by atoms with Crippen molar-refractivity contribution in [3.63, 3.8) is 0 Å². The van der Waals surface area contributed by atoms with Crippen LogP contribution in [0.4, 0.5) is 0 Å². The monoisotopic (exact) mass is 287 g/mol. The summed E-state index contributed by atoms with van der Waals surface area (Å²) in [6.45, 7) is 5.66. The molecule has 0 spiro atoms. The van der Waals surface area contributed by atoms with Crippen LogP contribution >= 0.6 is 0 Å². The summed E-state index contributed by atoms with van der Waals surface area (Å²) in [5, 5.41) is 7.14. The summed E-state index contributed by atoms with van der Waals surface area (Å²) in [5.74, 6) is 0.542. The minimum absolute atomic E-state index is 0.104. The highest BCUT2D eigenvalue weighted by atomic mass is 16.5. The molecule has 1 amide bonds. The average molecular weight is 287 g/mol. The first kappa shape index (κ1) is 15.1. The molecule has 0 saturated carbocycles. The number of hydrogen-bond acceptors (Lipinski definition) is 3. The first-order valence-electron chi connectivity index (χ1n) is 6.99. The molecule has 0 saturated heterocycles. The van der Waals surface area contributed by atoms with Crippen LogP contribution in [0.5, 0.6) is 5.75 Å². The number of aryl methyl sites for hydroxylation is 1. The standard InChI is InChI=1S/C16H21N3O2/c1-11(15-10-17-19(4)12(15)2)18-16(20)13(3)21-14-8-6-5-7-9-14/h5-11,13H,1-4H3,(H,18,20). The first-order chi connectivity index (χ1) is 9.99. The summed E-state index contributed by atoms with van der Waals surface area (Å²) >= 11 is 0. The maximum atomic E-state index is 12.2. The van der Waals surface area contributed by atoms with Crippen LogP contribution in [0.3, 0.4) is 0 Å². The van der Waals surface area contributed by atoms with E-state index in [1.807, 2.05) is 51.2 Å². The number of benzene rings is 1. The molecule has 2 rings (SSSR count). The molecule has 2 unspecified atom stereocenters. The van der Waals surface area contributed by atoms with E-state index in [1.165, 1.54) is 0 Å². The minimum atomic E-state index is -0.549. The lowest BCUT2D eigenvalue weighted by atomic mass is 10.1. The van der Waals surface area contributed by atoms with Crippen molar-refractivity contribution in [1.82, 2.24) is 15.1 Å². The topological polar surface area (TPSA) is 56.1 Å². The Morgan fingerprint density at radius 3 is 2.52 bits per heavy atom. The molecular weight excluding hydrogens is 266 g/mol. The molecule has 2 aromatic rings. The van der Waals surface area contributed by atoms with Crippen LogP contribution in [0.15, 0.2) is 36.5 Å². The smallest absolute Gasteiger partial charge is 0.261 e. The number of carbonyl (C=O) groups is 1. The molecule has 0 aliphatic heterocycles. The zero-order valence-corrected chi connectivity index (χ0v) is 12.8. The molecule has 21 heavy (non-hydrogen) atoms. The van der Waals surface area contributed by atoms with Crippen molar-refractivity contribution in [3.05, 3.63) is 47.8 Å². The van der Waals surface area contributed by atoms with Gasteiger partial charge in [-0.2, -0.15) is 5.10 Å². The highest BCUT2D eigenvalue weighted by Crippen LogP contribution is 2.17. The summed E-state index contributed by atoms with van der Waals surface area (Å²) in [7, 11) is 1.88. The zero-order valence-electron chi connectivity index (χ0n) is 12.8. The van der Waals surface area contributed by atoms with Gasteiger partial charge in [-0.25, -0.2) is 0 Å². The second-order valence-corrected chi connectivity index (χ2v) is 5.11. The number of rotatable bonds is 5. The van der Waals surface area contributed by atoms with Gasteiger partial charge in [-0.1, -0.05) is 18.2 Å². The number of amides is 1. The first-order valence-corrected chi connectivity index (χ1v) is 6.99. The third kappa shape index (κ3) is 3.62. The van der Waals surface area contributed by atoms with Crippen LogP contribution in [0, 0.1) is 6.92 Å². The van der Waals surface area contributed by atoms with E-state index in [0.717, 1.165) is 11.3 Å². The zero-order chi connectivity index (χ0) is 15.4. The van der Waals surface area contributed by atoms with Crippen LogP contribution < -0.4 is 10.1 Å². The van der Waals surface area contributed by atoms with Crippen molar-refractivity contribution in [1.29, 1.82) is 0 Å². The number of para-hydroxylation sites is 1. The van der Waals surface area contributed by atoms with Crippen LogP contribution in [0.2, 0.25) is 0 Å². The highest BCUT2D eigenvalue weighted by molar-refractivity contribution is 5.81. The van der Waals surface area contributed by atoms with Crippen molar-refractivity contribution in [2.24, 2.45) is 7.05 Å². The molecule has 1 N–H and O–H groups in total. The molecular formula is C16H21N3O2. The number of carbonyl (C=O) groups excluding carboxylic acids is 1. The fraction of sp³-hybridized carbons (Fsp3) is 0.375. The Balaban J connectivity index is 1.96. The number of aromatic nitrogens is 2. The Kier molecular flexibility index (Phi) is 4.62. The van der Waals surface area contributed by atoms with Crippen LogP contribution in [-0.2, 0) is 11.8 Å². The lowest BCUT2D eigenvalue weighted by molar-refractivity contribution is -0.127. The third-order valence-corrected chi connectivity index (χ3v) is 3.52. The third-order valence-electron chi connectivity index (χ3n) is 3.52. The minimum Gasteiger partial charge on any atom is -0.481 e. The molecule has 2 atom stereocenters. The predicted molar refractivity (Wildman–Crippen MR) is 81.0 cm³/mol. The van der Waals surface area contributed by atoms with Crippen LogP contribution in [0.25, 0.3) is 0 Å². The molecule has 1 heterocycles. The molecule has 0 aliphatic rings. The second kappa shape index (κ2) is 6.43. The van der Waals surface area contributed by atoms with Gasteiger partial charge in [0.15, 0.2) is 6.10 Å². The highest BCUT2D eigenvalue weighted by Gasteiger charge is 2.19. The van der Waals surface area contributed by atoms with Crippen molar-refractivity contribution in [3.8, 4) is 5.75 Å². The van der Waals surface area contributed by atoms with Gasteiger partial charge in [0.2, 0.25) is 0 Å². The van der Waals surface area contributed by atoms with Gasteiger partial charge < -0.3 is 10.1 Å². The normalized spacial score (nSPS) is 13.5. The molecule has 0 radical (unpaired) electrons. The SMILES string of the molecule is Cc1c(C(C)NC(=O)C(C)Oc2ccccc2)cnn1C. The van der Waals surface area contributed by atoms with E-state index in [-0.39, 0.29) is 11.9 Å². The predicted octanol–water partition coefficient (Wildman–Crippen LogP) is 2.37. The Morgan fingerprint density at radius 1 is 1.29 bits per heavy atom. The lowest BCUT2D eigenvalue weighted by Gasteiger charge is -2.18. The van der Waals surface area contributed by atoms with Gasteiger partial charge in [0.1, 0.15) is 5.75 Å². The summed E-state index contributed by atoms with van der Waals surface area (Å²) in [4.78, 5) is 12.2. The number of nitrogens with zero attached hydrogens (tertiary/aromatic N) is 2. The van der Waals surface area contributed by atoms with E-state index in [4.69, 9.17) is 4.74 Å². The molecule has 0 aliphatic carbocycles. The van der Waals surface area contributed by atoms with E-state index in [9.17, 15) is 4.79 Å². The van der Waals surface area contributed by atoms with Crippen molar-refractivity contribution in [2.75, 3.05) is 0 Å². The average Bonchev–Trinajstić information content (AvgIpc) is 2.80. The quantitative estimate of drug-likeness (QED) is 0.918. The Hall–Kier alpha value is -2.30. The fourth-order valence-electron chi connectivity index (χ4n) is 2.11. The molecule has 5 heteroatoms. The molecule has 0 fully saturated rings. The summed E-state index contributed by atoms with van der Waals surface area (Å²) in [5.41, 5.74) is 2.05. The van der Waals surface area contributed by atoms with E-state index in [2.05, 4.69) is 10.4 Å². The van der Waals surface area contributed by atoms with Gasteiger partial charge in [-0.05, 0) is 32.9 Å². The van der Waals surface area contributed by atoms with E-state index < -0.39 is 6.10 Å². The van der Waals surface area contributed by atoms with Crippen molar-refractivity contribution < 1.29 is 9.53 Å². The molecule has 1 aromatic heterocycles. The Morgan fingerprint density at radius 2 is 1.95 bits per heavy atom. The fourth-order valence-corrected chi connectivity index (χ4v) is 2.11. The number of nitrogens with one attached hydrogen (secondary N) is 1. The molecule has 1 aromatic carbocycles. The van der Waals surface area contributed by atoms with Crippen molar-refractivity contribution in [2.45, 2.75) is 32.9 Å². The van der Waals surface area contributed by atoms with Gasteiger partial charge >= 0.3 is 0 Å². The van der Waals surface area contributed by atoms with Gasteiger partial charge in [-0.15, -0.1) is 0 Å². The molecule has 5 nitrogen and oxygen atoms in total. The maximum Gasteiger partial charge on any atom is 0.261 e. The van der Waals surface area contributed by atoms with E-state index in [0.29, 0.717) is 5.75 Å². The molecule has 112 valence electrons. The lowest BCUT2D eigenvalue weighted by Crippen LogP contribution is -2.37. The number of hydrogen-bond donors (Lipinski definition) is 1. The van der Waals surface area contributed by atoms with E-state index >= 15 is 0 Å². The molecule has 0 bridgehead atoms. The summed E-state index contributed by atoms with van der Waals surface area (Å²) < 4.78 is 7.41. The van der Waals surface area contributed by atoms with Gasteiger partial charge in [0.05, 0.1) is 12.2 Å². The summed E-state index contributed by atoms with van der Waals surface area (Å²) in [6.07, 6.45) is 1.23. The summed E-state index contributed by atoms with van der Waals surface area (Å²) in [6, 6.07) is 9.22.